The molecular weight excluding hydrogens is 236 g/mol. The van der Waals surface area contributed by atoms with Gasteiger partial charge in [0, 0.05) is 5.92 Å². The van der Waals surface area contributed by atoms with Crippen LogP contribution in [-0.4, -0.2) is 19.8 Å². The predicted molar refractivity (Wildman–Crippen MR) is 65.2 cm³/mol. The molecule has 17 heavy (non-hydrogen) atoms. The average molecular weight is 248 g/mol. The van der Waals surface area contributed by atoms with Crippen LogP contribution in [0.4, 0.5) is 0 Å². The summed E-state index contributed by atoms with van der Waals surface area (Å²) in [6, 6.07) is 1.93. The molecule has 3 aromatic heterocycles. The van der Waals surface area contributed by atoms with Crippen LogP contribution in [-0.2, 0) is 0 Å². The number of rotatable bonds is 2. The van der Waals surface area contributed by atoms with Gasteiger partial charge in [0.15, 0.2) is 10.8 Å². The molecule has 0 amide bonds. The van der Waals surface area contributed by atoms with Crippen molar-refractivity contribution in [2.24, 2.45) is 0 Å². The first-order valence-corrected chi connectivity index (χ1v) is 6.25. The molecule has 0 saturated carbocycles. The summed E-state index contributed by atoms with van der Waals surface area (Å²) < 4.78 is 7.11. The van der Waals surface area contributed by atoms with Crippen molar-refractivity contribution in [2.45, 2.75) is 26.7 Å². The summed E-state index contributed by atoms with van der Waals surface area (Å²) in [6.45, 7) is 6.10. The third kappa shape index (κ3) is 1.56. The Labute approximate surface area is 102 Å². The molecule has 0 saturated heterocycles. The number of hydrogen-bond donors (Lipinski definition) is 0. The molecular formula is C11H12N4OS. The SMILES string of the molecule is Cc1occc1-c1nn2c(C(C)C)nnc2s1. The molecule has 0 bridgehead atoms. The van der Waals surface area contributed by atoms with Crippen molar-refractivity contribution in [3.63, 3.8) is 0 Å². The molecule has 0 radical (unpaired) electrons. The van der Waals surface area contributed by atoms with Gasteiger partial charge in [-0.05, 0) is 13.0 Å². The molecule has 3 rings (SSSR count). The van der Waals surface area contributed by atoms with Crippen molar-refractivity contribution < 1.29 is 4.42 Å². The molecule has 0 aliphatic heterocycles. The number of aryl methyl sites for hydroxylation is 1. The lowest BCUT2D eigenvalue weighted by molar-refractivity contribution is 0.535. The minimum absolute atomic E-state index is 0.311. The van der Waals surface area contributed by atoms with Gasteiger partial charge in [0.1, 0.15) is 5.76 Å². The van der Waals surface area contributed by atoms with Crippen LogP contribution in [0.1, 0.15) is 31.4 Å². The van der Waals surface area contributed by atoms with Gasteiger partial charge in [-0.1, -0.05) is 25.2 Å². The van der Waals surface area contributed by atoms with E-state index >= 15 is 0 Å². The van der Waals surface area contributed by atoms with Crippen molar-refractivity contribution in [3.05, 3.63) is 23.9 Å². The Kier molecular flexibility index (Phi) is 2.25. The van der Waals surface area contributed by atoms with Gasteiger partial charge < -0.3 is 4.42 Å². The van der Waals surface area contributed by atoms with Crippen LogP contribution in [0, 0.1) is 6.92 Å². The van der Waals surface area contributed by atoms with Crippen molar-refractivity contribution >= 4 is 16.3 Å². The second-order valence-corrected chi connectivity index (χ2v) is 5.16. The fourth-order valence-electron chi connectivity index (χ4n) is 1.71. The minimum Gasteiger partial charge on any atom is -0.469 e. The summed E-state index contributed by atoms with van der Waals surface area (Å²) in [7, 11) is 0. The van der Waals surface area contributed by atoms with E-state index in [2.05, 4.69) is 29.1 Å². The zero-order chi connectivity index (χ0) is 12.0. The molecule has 6 heteroatoms. The molecule has 0 N–H and O–H groups in total. The maximum Gasteiger partial charge on any atom is 0.234 e. The van der Waals surface area contributed by atoms with Gasteiger partial charge >= 0.3 is 0 Å². The van der Waals surface area contributed by atoms with Crippen molar-refractivity contribution in [3.8, 4) is 10.6 Å². The normalized spacial score (nSPS) is 11.8. The Bertz CT molecular complexity index is 664. The van der Waals surface area contributed by atoms with Gasteiger partial charge in [0.05, 0.1) is 11.8 Å². The highest BCUT2D eigenvalue weighted by Gasteiger charge is 2.16. The third-order valence-electron chi connectivity index (χ3n) is 2.62. The molecule has 0 unspecified atom stereocenters. The van der Waals surface area contributed by atoms with E-state index in [9.17, 15) is 0 Å². The second kappa shape index (κ2) is 3.66. The topological polar surface area (TPSA) is 56.2 Å². The van der Waals surface area contributed by atoms with E-state index in [4.69, 9.17) is 4.42 Å². The van der Waals surface area contributed by atoms with Crippen molar-refractivity contribution in [1.29, 1.82) is 0 Å². The van der Waals surface area contributed by atoms with Crippen molar-refractivity contribution in [1.82, 2.24) is 19.8 Å². The van der Waals surface area contributed by atoms with E-state index in [1.165, 1.54) is 11.3 Å². The highest BCUT2D eigenvalue weighted by atomic mass is 32.1. The first kappa shape index (κ1) is 10.5. The Morgan fingerprint density at radius 1 is 1.35 bits per heavy atom. The molecule has 3 aromatic rings. The molecule has 0 spiro atoms. The monoisotopic (exact) mass is 248 g/mol. The van der Waals surface area contributed by atoms with E-state index in [1.807, 2.05) is 17.5 Å². The maximum atomic E-state index is 5.29. The van der Waals surface area contributed by atoms with E-state index in [-0.39, 0.29) is 0 Å². The number of nitrogens with zero attached hydrogens (tertiary/aromatic N) is 4. The van der Waals surface area contributed by atoms with E-state index in [0.717, 1.165) is 27.1 Å². The van der Waals surface area contributed by atoms with Gasteiger partial charge in [-0.3, -0.25) is 0 Å². The van der Waals surface area contributed by atoms with Gasteiger partial charge in [0.2, 0.25) is 4.96 Å². The van der Waals surface area contributed by atoms with Gasteiger partial charge in [-0.15, -0.1) is 10.2 Å². The van der Waals surface area contributed by atoms with E-state index < -0.39 is 0 Å². The minimum atomic E-state index is 0.311. The first-order chi connectivity index (χ1) is 8.16. The highest BCUT2D eigenvalue weighted by Crippen LogP contribution is 2.29. The lowest BCUT2D eigenvalue weighted by Crippen LogP contribution is -1.97. The fourth-order valence-corrected chi connectivity index (χ4v) is 2.63. The second-order valence-electron chi connectivity index (χ2n) is 4.20. The van der Waals surface area contributed by atoms with Crippen LogP contribution in [0.15, 0.2) is 16.7 Å². The van der Waals surface area contributed by atoms with Crippen LogP contribution in [0.5, 0.6) is 0 Å². The van der Waals surface area contributed by atoms with E-state index in [0.29, 0.717) is 5.92 Å². The Balaban J connectivity index is 2.18. The van der Waals surface area contributed by atoms with Gasteiger partial charge in [-0.2, -0.15) is 9.61 Å². The molecule has 0 aromatic carbocycles. The zero-order valence-electron chi connectivity index (χ0n) is 9.84. The summed E-state index contributed by atoms with van der Waals surface area (Å²) in [6.07, 6.45) is 1.68. The Hall–Kier alpha value is -1.69. The summed E-state index contributed by atoms with van der Waals surface area (Å²) in [5.74, 6) is 2.08. The zero-order valence-corrected chi connectivity index (χ0v) is 10.7. The molecule has 0 atom stereocenters. The maximum absolute atomic E-state index is 5.29. The van der Waals surface area contributed by atoms with Crippen LogP contribution in [0.2, 0.25) is 0 Å². The number of aromatic nitrogens is 4. The summed E-state index contributed by atoms with van der Waals surface area (Å²) >= 11 is 1.53. The third-order valence-corrected chi connectivity index (χ3v) is 3.55. The largest absolute Gasteiger partial charge is 0.469 e. The number of furan rings is 1. The summed E-state index contributed by atoms with van der Waals surface area (Å²) in [5.41, 5.74) is 1.02. The van der Waals surface area contributed by atoms with Gasteiger partial charge in [0.25, 0.3) is 0 Å². The fraction of sp³-hybridized carbons (Fsp3) is 0.364. The smallest absolute Gasteiger partial charge is 0.234 e. The van der Waals surface area contributed by atoms with Crippen LogP contribution >= 0.6 is 11.3 Å². The first-order valence-electron chi connectivity index (χ1n) is 5.43. The molecule has 0 aliphatic rings. The van der Waals surface area contributed by atoms with E-state index in [1.54, 1.807) is 6.26 Å². The molecule has 88 valence electrons. The van der Waals surface area contributed by atoms with Crippen molar-refractivity contribution in [2.75, 3.05) is 0 Å². The number of fused-ring (bicyclic) bond motifs is 1. The molecule has 0 fully saturated rings. The number of hydrogen-bond acceptors (Lipinski definition) is 5. The average Bonchev–Trinajstić information content (AvgIpc) is 2.89. The molecule has 5 nitrogen and oxygen atoms in total. The predicted octanol–water partition coefficient (Wildman–Crippen LogP) is 2.88. The standard InChI is InChI=1S/C11H12N4OS/c1-6(2)9-12-13-11-15(9)14-10(17-11)8-4-5-16-7(8)3/h4-6H,1-3H3. The molecule has 3 heterocycles. The van der Waals surface area contributed by atoms with Crippen LogP contribution < -0.4 is 0 Å². The van der Waals surface area contributed by atoms with Gasteiger partial charge in [-0.25, -0.2) is 0 Å². The lowest BCUT2D eigenvalue weighted by atomic mass is 10.2. The highest BCUT2D eigenvalue weighted by molar-refractivity contribution is 7.19. The molecule has 0 aliphatic carbocycles. The summed E-state index contributed by atoms with van der Waals surface area (Å²) in [4.78, 5) is 0.823. The van der Waals surface area contributed by atoms with Crippen LogP contribution in [0.3, 0.4) is 0 Å². The Morgan fingerprint density at radius 3 is 2.82 bits per heavy atom. The quantitative estimate of drug-likeness (QED) is 0.699. The Morgan fingerprint density at radius 2 is 2.18 bits per heavy atom. The van der Waals surface area contributed by atoms with Crippen LogP contribution in [0.25, 0.3) is 15.5 Å². The summed E-state index contributed by atoms with van der Waals surface area (Å²) in [5, 5.41) is 13.7. The lowest BCUT2D eigenvalue weighted by Gasteiger charge is -1.97.